The minimum atomic E-state index is -0.766. The van der Waals surface area contributed by atoms with E-state index in [1.54, 1.807) is 0 Å². The van der Waals surface area contributed by atoms with Crippen molar-refractivity contribution >= 4 is 11.9 Å². The van der Waals surface area contributed by atoms with E-state index in [1.807, 2.05) is 43.0 Å². The van der Waals surface area contributed by atoms with Crippen molar-refractivity contribution in [3.05, 3.63) is 35.4 Å². The lowest BCUT2D eigenvalue weighted by molar-refractivity contribution is -0.145. The van der Waals surface area contributed by atoms with Crippen molar-refractivity contribution in [3.63, 3.8) is 0 Å². The third-order valence-corrected chi connectivity index (χ3v) is 4.44. The number of piperidine rings is 1. The van der Waals surface area contributed by atoms with Gasteiger partial charge in [0.1, 0.15) is 0 Å². The molecule has 0 radical (unpaired) electrons. The van der Waals surface area contributed by atoms with Crippen molar-refractivity contribution in [3.8, 4) is 0 Å². The Hall–Kier alpha value is -1.88. The molecule has 0 spiro atoms. The lowest BCUT2D eigenvalue weighted by Crippen LogP contribution is -2.50. The van der Waals surface area contributed by atoms with Crippen molar-refractivity contribution in [2.45, 2.75) is 39.3 Å². The molecule has 1 fully saturated rings. The van der Waals surface area contributed by atoms with Gasteiger partial charge in [0.2, 0.25) is 5.91 Å². The number of carbonyl (C=O) groups excluding carboxylic acids is 1. The summed E-state index contributed by atoms with van der Waals surface area (Å²) in [6.45, 7) is 5.60. The van der Waals surface area contributed by atoms with E-state index >= 15 is 0 Å². The zero-order chi connectivity index (χ0) is 16.1. The van der Waals surface area contributed by atoms with Crippen LogP contribution in [0.1, 0.15) is 30.9 Å². The van der Waals surface area contributed by atoms with Gasteiger partial charge in [0.15, 0.2) is 0 Å². The zero-order valence-corrected chi connectivity index (χ0v) is 13.2. The molecule has 2 unspecified atom stereocenters. The second-order valence-corrected chi connectivity index (χ2v) is 5.99. The highest BCUT2D eigenvalue weighted by Gasteiger charge is 2.30. The molecule has 1 aromatic rings. The molecule has 1 aromatic carbocycles. The van der Waals surface area contributed by atoms with Crippen LogP contribution in [-0.2, 0) is 16.1 Å². The number of nitrogens with one attached hydrogen (secondary N) is 1. The van der Waals surface area contributed by atoms with Gasteiger partial charge < -0.3 is 10.4 Å². The molecule has 1 saturated heterocycles. The Morgan fingerprint density at radius 3 is 2.82 bits per heavy atom. The predicted molar refractivity (Wildman–Crippen MR) is 84.4 cm³/mol. The fourth-order valence-corrected chi connectivity index (χ4v) is 2.86. The third-order valence-electron chi connectivity index (χ3n) is 4.44. The summed E-state index contributed by atoms with van der Waals surface area (Å²) in [5.41, 5.74) is 2.25. The summed E-state index contributed by atoms with van der Waals surface area (Å²) in [7, 11) is 0. The molecule has 0 bridgehead atoms. The number of hydrogen-bond donors (Lipinski definition) is 2. The number of aryl methyl sites for hydroxylation is 1. The first-order chi connectivity index (χ1) is 10.5. The predicted octanol–water partition coefficient (Wildman–Crippen LogP) is 1.80. The molecule has 1 aliphatic heterocycles. The highest BCUT2D eigenvalue weighted by Crippen LogP contribution is 2.18. The Balaban J connectivity index is 1.89. The van der Waals surface area contributed by atoms with Crippen LogP contribution in [0.15, 0.2) is 24.3 Å². The lowest BCUT2D eigenvalue weighted by atomic mass is 9.97. The largest absolute Gasteiger partial charge is 0.481 e. The van der Waals surface area contributed by atoms with Crippen molar-refractivity contribution in [2.24, 2.45) is 5.92 Å². The smallest absolute Gasteiger partial charge is 0.307 e. The van der Waals surface area contributed by atoms with Crippen molar-refractivity contribution in [1.82, 2.24) is 10.2 Å². The maximum absolute atomic E-state index is 12.3. The highest BCUT2D eigenvalue weighted by atomic mass is 16.4. The Labute approximate surface area is 131 Å². The quantitative estimate of drug-likeness (QED) is 0.870. The molecule has 5 heteroatoms. The van der Waals surface area contributed by atoms with E-state index in [-0.39, 0.29) is 17.9 Å². The normalized spacial score (nSPS) is 20.4. The molecule has 1 amide bonds. The first kappa shape index (κ1) is 16.5. The molecule has 0 saturated carbocycles. The summed E-state index contributed by atoms with van der Waals surface area (Å²) >= 11 is 0. The van der Waals surface area contributed by atoms with Crippen LogP contribution in [0.3, 0.4) is 0 Å². The van der Waals surface area contributed by atoms with Gasteiger partial charge in [-0.2, -0.15) is 0 Å². The van der Waals surface area contributed by atoms with Gasteiger partial charge in [0, 0.05) is 13.1 Å². The molecule has 2 rings (SSSR count). The third kappa shape index (κ3) is 4.07. The van der Waals surface area contributed by atoms with Crippen molar-refractivity contribution in [1.29, 1.82) is 0 Å². The molecule has 2 atom stereocenters. The maximum atomic E-state index is 12.3. The van der Waals surface area contributed by atoms with Gasteiger partial charge in [0.05, 0.1) is 12.0 Å². The molecule has 22 heavy (non-hydrogen) atoms. The van der Waals surface area contributed by atoms with Crippen LogP contribution in [0, 0.1) is 12.8 Å². The monoisotopic (exact) mass is 304 g/mol. The number of hydrogen-bond acceptors (Lipinski definition) is 3. The zero-order valence-electron chi connectivity index (χ0n) is 13.2. The summed E-state index contributed by atoms with van der Waals surface area (Å²) in [5.74, 6) is -1.17. The number of carbonyl (C=O) groups is 2. The lowest BCUT2D eigenvalue weighted by Gasteiger charge is -2.34. The summed E-state index contributed by atoms with van der Waals surface area (Å²) in [4.78, 5) is 25.4. The Bertz CT molecular complexity index is 544. The SMILES string of the molecule is Cc1ccccc1CNC(=O)C(C)N1CCCC(C(=O)O)C1. The van der Waals surface area contributed by atoms with E-state index in [4.69, 9.17) is 5.11 Å². The van der Waals surface area contributed by atoms with E-state index in [2.05, 4.69) is 5.32 Å². The van der Waals surface area contributed by atoms with Crippen LogP contribution < -0.4 is 5.32 Å². The Morgan fingerprint density at radius 1 is 1.41 bits per heavy atom. The number of benzene rings is 1. The van der Waals surface area contributed by atoms with E-state index in [9.17, 15) is 9.59 Å². The summed E-state index contributed by atoms with van der Waals surface area (Å²) in [6.07, 6.45) is 1.52. The van der Waals surface area contributed by atoms with Gasteiger partial charge in [-0.15, -0.1) is 0 Å². The van der Waals surface area contributed by atoms with Crippen LogP contribution in [0.4, 0.5) is 0 Å². The van der Waals surface area contributed by atoms with Gasteiger partial charge in [-0.1, -0.05) is 24.3 Å². The fraction of sp³-hybridized carbons (Fsp3) is 0.529. The molecule has 5 nitrogen and oxygen atoms in total. The molecule has 1 heterocycles. The average Bonchev–Trinajstić information content (AvgIpc) is 2.53. The van der Waals surface area contributed by atoms with Crippen molar-refractivity contribution < 1.29 is 14.7 Å². The standard InChI is InChI=1S/C17H24N2O3/c1-12-6-3-4-7-14(12)10-18-16(20)13(2)19-9-5-8-15(11-19)17(21)22/h3-4,6-7,13,15H,5,8-11H2,1-2H3,(H,18,20)(H,21,22). The minimum Gasteiger partial charge on any atom is -0.481 e. The van der Waals surface area contributed by atoms with E-state index < -0.39 is 5.97 Å². The molecule has 2 N–H and O–H groups in total. The summed E-state index contributed by atoms with van der Waals surface area (Å²) in [5, 5.41) is 12.1. The molecular weight excluding hydrogens is 280 g/mol. The number of carboxylic acids is 1. The maximum Gasteiger partial charge on any atom is 0.307 e. The van der Waals surface area contributed by atoms with Crippen LogP contribution in [0.5, 0.6) is 0 Å². The van der Waals surface area contributed by atoms with E-state index in [1.165, 1.54) is 0 Å². The van der Waals surface area contributed by atoms with Crippen LogP contribution in [-0.4, -0.2) is 41.0 Å². The number of rotatable bonds is 5. The first-order valence-electron chi connectivity index (χ1n) is 7.78. The second-order valence-electron chi connectivity index (χ2n) is 5.99. The highest BCUT2D eigenvalue weighted by molar-refractivity contribution is 5.81. The Morgan fingerprint density at radius 2 is 2.14 bits per heavy atom. The fourth-order valence-electron chi connectivity index (χ4n) is 2.86. The summed E-state index contributed by atoms with van der Waals surface area (Å²) < 4.78 is 0. The topological polar surface area (TPSA) is 69.6 Å². The van der Waals surface area contributed by atoms with Crippen LogP contribution in [0.2, 0.25) is 0 Å². The molecule has 0 aromatic heterocycles. The number of amides is 1. The van der Waals surface area contributed by atoms with Crippen LogP contribution in [0.25, 0.3) is 0 Å². The van der Waals surface area contributed by atoms with Gasteiger partial charge in [-0.25, -0.2) is 0 Å². The second kappa shape index (κ2) is 7.40. The van der Waals surface area contributed by atoms with Gasteiger partial charge >= 0.3 is 5.97 Å². The van der Waals surface area contributed by atoms with Crippen LogP contribution >= 0.6 is 0 Å². The average molecular weight is 304 g/mol. The Kier molecular flexibility index (Phi) is 5.55. The number of nitrogens with zero attached hydrogens (tertiary/aromatic N) is 1. The van der Waals surface area contributed by atoms with E-state index in [0.717, 1.165) is 24.1 Å². The number of carboxylic acid groups (broad SMARTS) is 1. The molecule has 1 aliphatic rings. The first-order valence-corrected chi connectivity index (χ1v) is 7.78. The molecule has 0 aliphatic carbocycles. The van der Waals surface area contributed by atoms with Gasteiger partial charge in [-0.3, -0.25) is 14.5 Å². The molecule has 120 valence electrons. The number of aliphatic carboxylic acids is 1. The van der Waals surface area contributed by atoms with E-state index in [0.29, 0.717) is 19.5 Å². The van der Waals surface area contributed by atoms with Gasteiger partial charge in [0.25, 0.3) is 0 Å². The summed E-state index contributed by atoms with van der Waals surface area (Å²) in [6, 6.07) is 7.66. The minimum absolute atomic E-state index is 0.0470. The van der Waals surface area contributed by atoms with Gasteiger partial charge in [-0.05, 0) is 44.4 Å². The number of likely N-dealkylation sites (tertiary alicyclic amines) is 1. The molecular formula is C17H24N2O3. The van der Waals surface area contributed by atoms with Crippen molar-refractivity contribution in [2.75, 3.05) is 13.1 Å².